The summed E-state index contributed by atoms with van der Waals surface area (Å²) in [5.74, 6) is 0.925. The monoisotopic (exact) mass is 454 g/mol. The van der Waals surface area contributed by atoms with Crippen LogP contribution in [0.1, 0.15) is 12.5 Å². The van der Waals surface area contributed by atoms with Crippen LogP contribution in [0.2, 0.25) is 0 Å². The standard InChI is InChI=1S/C28H30N4O2/c1-3-34-26-11-7-6-10-25(26)31-18-16-30(17-19-31)20-32-28(33)24-9-5-4-8-23(24)27(29-32)22-14-12-21(2)13-15-22/h4-15H,3,16-20H2,1-2H3. The molecule has 6 nitrogen and oxygen atoms in total. The zero-order valence-corrected chi connectivity index (χ0v) is 19.8. The molecule has 1 aliphatic rings. The molecule has 6 heteroatoms. The lowest BCUT2D eigenvalue weighted by Crippen LogP contribution is -2.48. The highest BCUT2D eigenvalue weighted by Gasteiger charge is 2.21. The molecular formula is C28H30N4O2. The average molecular weight is 455 g/mol. The highest BCUT2D eigenvalue weighted by molar-refractivity contribution is 5.93. The largest absolute Gasteiger partial charge is 0.492 e. The minimum Gasteiger partial charge on any atom is -0.492 e. The lowest BCUT2D eigenvalue weighted by Gasteiger charge is -2.36. The third kappa shape index (κ3) is 4.41. The summed E-state index contributed by atoms with van der Waals surface area (Å²) in [6.45, 7) is 8.65. The number of hydrogen-bond acceptors (Lipinski definition) is 5. The number of piperazine rings is 1. The predicted molar refractivity (Wildman–Crippen MR) is 138 cm³/mol. The molecule has 0 radical (unpaired) electrons. The van der Waals surface area contributed by atoms with E-state index in [0.29, 0.717) is 18.7 Å². The Labute approximate surface area is 200 Å². The number of ether oxygens (including phenoxy) is 1. The summed E-state index contributed by atoms with van der Waals surface area (Å²) in [6, 6.07) is 24.3. The average Bonchev–Trinajstić information content (AvgIpc) is 2.87. The van der Waals surface area contributed by atoms with Crippen LogP contribution in [0, 0.1) is 6.92 Å². The maximum absolute atomic E-state index is 13.3. The van der Waals surface area contributed by atoms with E-state index in [9.17, 15) is 4.79 Å². The molecule has 5 rings (SSSR count). The molecule has 3 aromatic carbocycles. The van der Waals surface area contributed by atoms with E-state index in [1.165, 1.54) is 5.56 Å². The normalized spacial score (nSPS) is 14.5. The Morgan fingerprint density at radius 2 is 1.53 bits per heavy atom. The maximum Gasteiger partial charge on any atom is 0.275 e. The summed E-state index contributed by atoms with van der Waals surface area (Å²) in [5.41, 5.74) is 4.15. The molecule has 0 unspecified atom stereocenters. The van der Waals surface area contributed by atoms with Crippen molar-refractivity contribution >= 4 is 16.5 Å². The number of fused-ring (bicyclic) bond motifs is 1. The van der Waals surface area contributed by atoms with Crippen LogP contribution in [0.25, 0.3) is 22.0 Å². The van der Waals surface area contributed by atoms with E-state index in [1.54, 1.807) is 4.68 Å². The Bertz CT molecular complexity index is 1340. The first-order valence-electron chi connectivity index (χ1n) is 11.9. The Morgan fingerprint density at radius 3 is 2.26 bits per heavy atom. The van der Waals surface area contributed by atoms with Crippen LogP contribution >= 0.6 is 0 Å². The van der Waals surface area contributed by atoms with Crippen LogP contribution in [0.3, 0.4) is 0 Å². The quantitative estimate of drug-likeness (QED) is 0.428. The van der Waals surface area contributed by atoms with Crippen molar-refractivity contribution in [2.24, 2.45) is 0 Å². The van der Waals surface area contributed by atoms with Gasteiger partial charge in [-0.3, -0.25) is 9.69 Å². The zero-order chi connectivity index (χ0) is 23.5. The fraction of sp³-hybridized carbons (Fsp3) is 0.286. The molecule has 1 aliphatic heterocycles. The summed E-state index contributed by atoms with van der Waals surface area (Å²) in [4.78, 5) is 17.9. The van der Waals surface area contributed by atoms with Gasteiger partial charge in [-0.25, -0.2) is 4.68 Å². The lowest BCUT2D eigenvalue weighted by molar-refractivity contribution is 0.192. The molecule has 1 aromatic heterocycles. The topological polar surface area (TPSA) is 50.6 Å². The van der Waals surface area contributed by atoms with Crippen molar-refractivity contribution in [1.82, 2.24) is 14.7 Å². The number of anilines is 1. The zero-order valence-electron chi connectivity index (χ0n) is 19.8. The van der Waals surface area contributed by atoms with E-state index in [4.69, 9.17) is 9.84 Å². The van der Waals surface area contributed by atoms with E-state index >= 15 is 0 Å². The van der Waals surface area contributed by atoms with Crippen molar-refractivity contribution in [3.05, 3.63) is 88.7 Å². The van der Waals surface area contributed by atoms with Crippen LogP contribution in [0.5, 0.6) is 5.75 Å². The van der Waals surface area contributed by atoms with Crippen molar-refractivity contribution in [3.8, 4) is 17.0 Å². The Morgan fingerprint density at radius 1 is 0.853 bits per heavy atom. The second kappa shape index (κ2) is 9.69. The SMILES string of the molecule is CCOc1ccccc1N1CCN(Cn2nc(-c3ccc(C)cc3)c3ccccc3c2=O)CC1. The van der Waals surface area contributed by atoms with Gasteiger partial charge in [0.1, 0.15) is 5.75 Å². The molecule has 1 fully saturated rings. The molecule has 34 heavy (non-hydrogen) atoms. The molecular weight excluding hydrogens is 424 g/mol. The summed E-state index contributed by atoms with van der Waals surface area (Å²) >= 11 is 0. The molecule has 174 valence electrons. The second-order valence-corrected chi connectivity index (χ2v) is 8.71. The van der Waals surface area contributed by atoms with Gasteiger partial charge >= 0.3 is 0 Å². The third-order valence-electron chi connectivity index (χ3n) is 6.40. The molecule has 1 saturated heterocycles. The number of aromatic nitrogens is 2. The first-order chi connectivity index (χ1) is 16.6. The van der Waals surface area contributed by atoms with Gasteiger partial charge < -0.3 is 9.64 Å². The fourth-order valence-electron chi connectivity index (χ4n) is 4.57. The van der Waals surface area contributed by atoms with E-state index in [1.807, 2.05) is 43.3 Å². The molecule has 0 N–H and O–H groups in total. The van der Waals surface area contributed by atoms with E-state index in [-0.39, 0.29) is 5.56 Å². The van der Waals surface area contributed by atoms with Crippen molar-refractivity contribution in [2.45, 2.75) is 20.5 Å². The number of benzene rings is 3. The van der Waals surface area contributed by atoms with Gasteiger partial charge in [-0.05, 0) is 32.0 Å². The van der Waals surface area contributed by atoms with Crippen LogP contribution in [0.15, 0.2) is 77.6 Å². The number of nitrogens with zero attached hydrogens (tertiary/aromatic N) is 4. The molecule has 0 amide bonds. The first-order valence-corrected chi connectivity index (χ1v) is 11.9. The van der Waals surface area contributed by atoms with E-state index < -0.39 is 0 Å². The summed E-state index contributed by atoms with van der Waals surface area (Å²) < 4.78 is 7.45. The minimum absolute atomic E-state index is 0.0458. The third-order valence-corrected chi connectivity index (χ3v) is 6.40. The van der Waals surface area contributed by atoms with Crippen LogP contribution in [-0.4, -0.2) is 47.5 Å². The number of aryl methyl sites for hydroxylation is 1. The molecule has 0 saturated carbocycles. The van der Waals surface area contributed by atoms with Crippen molar-refractivity contribution in [1.29, 1.82) is 0 Å². The van der Waals surface area contributed by atoms with Crippen LogP contribution in [0.4, 0.5) is 5.69 Å². The molecule has 4 aromatic rings. The highest BCUT2D eigenvalue weighted by atomic mass is 16.5. The number of para-hydroxylation sites is 2. The van der Waals surface area contributed by atoms with Crippen molar-refractivity contribution < 1.29 is 4.74 Å². The smallest absolute Gasteiger partial charge is 0.275 e. The summed E-state index contributed by atoms with van der Waals surface area (Å²) in [6.07, 6.45) is 0. The maximum atomic E-state index is 13.3. The fourth-order valence-corrected chi connectivity index (χ4v) is 4.57. The number of hydrogen-bond donors (Lipinski definition) is 0. The first kappa shape index (κ1) is 22.2. The highest BCUT2D eigenvalue weighted by Crippen LogP contribution is 2.29. The summed E-state index contributed by atoms with van der Waals surface area (Å²) in [5, 5.41) is 6.44. The van der Waals surface area contributed by atoms with Gasteiger partial charge in [0, 0.05) is 37.1 Å². The van der Waals surface area contributed by atoms with Crippen LogP contribution < -0.4 is 15.2 Å². The van der Waals surface area contributed by atoms with Gasteiger partial charge in [0.05, 0.1) is 30.0 Å². The van der Waals surface area contributed by atoms with Crippen LogP contribution in [-0.2, 0) is 6.67 Å². The molecule has 0 atom stereocenters. The predicted octanol–water partition coefficient (Wildman–Crippen LogP) is 4.55. The number of rotatable bonds is 6. The lowest BCUT2D eigenvalue weighted by atomic mass is 10.0. The van der Waals surface area contributed by atoms with Gasteiger partial charge in [0.2, 0.25) is 0 Å². The van der Waals surface area contributed by atoms with Gasteiger partial charge in [-0.15, -0.1) is 0 Å². The van der Waals surface area contributed by atoms with E-state index in [2.05, 4.69) is 53.1 Å². The molecule has 0 bridgehead atoms. The van der Waals surface area contributed by atoms with Gasteiger partial charge in [-0.1, -0.05) is 60.2 Å². The second-order valence-electron chi connectivity index (χ2n) is 8.71. The van der Waals surface area contributed by atoms with Gasteiger partial charge in [-0.2, -0.15) is 5.10 Å². The molecule has 2 heterocycles. The van der Waals surface area contributed by atoms with Gasteiger partial charge in [0.15, 0.2) is 0 Å². The Kier molecular flexibility index (Phi) is 6.32. The molecule has 0 aliphatic carbocycles. The molecule has 0 spiro atoms. The van der Waals surface area contributed by atoms with Crippen molar-refractivity contribution in [2.75, 3.05) is 37.7 Å². The Balaban J connectivity index is 1.39. The van der Waals surface area contributed by atoms with Gasteiger partial charge in [0.25, 0.3) is 5.56 Å². The van der Waals surface area contributed by atoms with E-state index in [0.717, 1.165) is 54.3 Å². The van der Waals surface area contributed by atoms with Crippen molar-refractivity contribution in [3.63, 3.8) is 0 Å². The summed E-state index contributed by atoms with van der Waals surface area (Å²) in [7, 11) is 0. The Hall–Kier alpha value is -3.64. The minimum atomic E-state index is -0.0458.